The van der Waals surface area contributed by atoms with Gasteiger partial charge in [-0.25, -0.2) is 14.0 Å². The van der Waals surface area contributed by atoms with E-state index in [2.05, 4.69) is 10.6 Å². The summed E-state index contributed by atoms with van der Waals surface area (Å²) in [5.74, 6) is -1.71. The van der Waals surface area contributed by atoms with E-state index >= 15 is 0 Å². The SMILES string of the molecule is O=C(Nc1cc(Cl)ccc1F)NC1(C(=O)O)CCCC1. The van der Waals surface area contributed by atoms with Crippen LogP contribution in [0.25, 0.3) is 0 Å². The van der Waals surface area contributed by atoms with Crippen molar-refractivity contribution in [2.45, 2.75) is 31.2 Å². The first kappa shape index (κ1) is 14.6. The summed E-state index contributed by atoms with van der Waals surface area (Å²) < 4.78 is 13.5. The molecule has 2 rings (SSSR count). The van der Waals surface area contributed by atoms with E-state index in [1.165, 1.54) is 12.1 Å². The molecule has 0 saturated heterocycles. The molecule has 1 saturated carbocycles. The van der Waals surface area contributed by atoms with E-state index in [9.17, 15) is 19.1 Å². The van der Waals surface area contributed by atoms with Crippen LogP contribution >= 0.6 is 11.6 Å². The second-order valence-corrected chi connectivity index (χ2v) is 5.23. The molecule has 1 aromatic carbocycles. The molecule has 3 N–H and O–H groups in total. The van der Waals surface area contributed by atoms with Crippen LogP contribution in [0.5, 0.6) is 0 Å². The van der Waals surface area contributed by atoms with Crippen molar-refractivity contribution < 1.29 is 19.1 Å². The van der Waals surface area contributed by atoms with Gasteiger partial charge in [-0.3, -0.25) is 0 Å². The van der Waals surface area contributed by atoms with Crippen molar-refractivity contribution in [2.75, 3.05) is 5.32 Å². The first-order valence-corrected chi connectivity index (χ1v) is 6.58. The fourth-order valence-electron chi connectivity index (χ4n) is 2.34. The summed E-state index contributed by atoms with van der Waals surface area (Å²) in [4.78, 5) is 23.1. The molecule has 20 heavy (non-hydrogen) atoms. The third kappa shape index (κ3) is 3.01. The molecule has 108 valence electrons. The van der Waals surface area contributed by atoms with Gasteiger partial charge in [0.15, 0.2) is 0 Å². The lowest BCUT2D eigenvalue weighted by Gasteiger charge is -2.25. The number of carboxylic acids is 1. The predicted molar refractivity (Wildman–Crippen MR) is 72.4 cm³/mol. The van der Waals surface area contributed by atoms with Crippen LogP contribution in [0.15, 0.2) is 18.2 Å². The summed E-state index contributed by atoms with van der Waals surface area (Å²) in [5.41, 5.74) is -1.35. The van der Waals surface area contributed by atoms with Crippen LogP contribution in [-0.2, 0) is 4.79 Å². The highest BCUT2D eigenvalue weighted by molar-refractivity contribution is 6.30. The van der Waals surface area contributed by atoms with Gasteiger partial charge < -0.3 is 15.7 Å². The number of halogens is 2. The van der Waals surface area contributed by atoms with Crippen LogP contribution in [0.4, 0.5) is 14.9 Å². The number of benzene rings is 1. The predicted octanol–water partition coefficient (Wildman–Crippen LogP) is 3.00. The molecular weight excluding hydrogens is 287 g/mol. The molecule has 0 atom stereocenters. The van der Waals surface area contributed by atoms with Gasteiger partial charge >= 0.3 is 12.0 Å². The number of hydrogen-bond acceptors (Lipinski definition) is 2. The number of urea groups is 1. The zero-order valence-corrected chi connectivity index (χ0v) is 11.3. The number of aliphatic carboxylic acids is 1. The lowest BCUT2D eigenvalue weighted by atomic mass is 9.98. The number of nitrogens with one attached hydrogen (secondary N) is 2. The minimum atomic E-state index is -1.26. The Morgan fingerprint density at radius 1 is 1.30 bits per heavy atom. The number of amides is 2. The molecule has 0 radical (unpaired) electrons. The quantitative estimate of drug-likeness (QED) is 0.803. The van der Waals surface area contributed by atoms with Crippen LogP contribution in [-0.4, -0.2) is 22.6 Å². The van der Waals surface area contributed by atoms with E-state index in [0.717, 1.165) is 18.9 Å². The molecular formula is C13H14ClFN2O3. The first-order valence-electron chi connectivity index (χ1n) is 6.20. The maximum atomic E-state index is 13.5. The number of hydrogen-bond donors (Lipinski definition) is 3. The van der Waals surface area contributed by atoms with Crippen molar-refractivity contribution in [3.8, 4) is 0 Å². The molecule has 1 aliphatic rings. The Balaban J connectivity index is 2.08. The minimum Gasteiger partial charge on any atom is -0.480 e. The lowest BCUT2D eigenvalue weighted by Crippen LogP contribution is -2.53. The maximum absolute atomic E-state index is 13.5. The van der Waals surface area contributed by atoms with Crippen LogP contribution < -0.4 is 10.6 Å². The van der Waals surface area contributed by atoms with Gasteiger partial charge in [0.05, 0.1) is 5.69 Å². The van der Waals surface area contributed by atoms with E-state index in [0.29, 0.717) is 12.8 Å². The molecule has 0 aromatic heterocycles. The van der Waals surface area contributed by atoms with Gasteiger partial charge in [-0.05, 0) is 31.0 Å². The fraction of sp³-hybridized carbons (Fsp3) is 0.385. The molecule has 0 heterocycles. The van der Waals surface area contributed by atoms with Crippen molar-refractivity contribution in [1.29, 1.82) is 0 Å². The molecule has 1 aromatic rings. The van der Waals surface area contributed by atoms with E-state index < -0.39 is 23.4 Å². The molecule has 1 aliphatic carbocycles. The summed E-state index contributed by atoms with van der Waals surface area (Å²) in [6.07, 6.45) is 2.21. The standard InChI is InChI=1S/C13H14ClFN2O3/c14-8-3-4-9(15)10(7-8)16-12(20)17-13(11(18)19)5-1-2-6-13/h3-4,7H,1-2,5-6H2,(H,18,19)(H2,16,17,20). The number of anilines is 1. The van der Waals surface area contributed by atoms with Gasteiger partial charge in [-0.15, -0.1) is 0 Å². The second-order valence-electron chi connectivity index (χ2n) is 4.80. The van der Waals surface area contributed by atoms with Crippen molar-refractivity contribution in [2.24, 2.45) is 0 Å². The van der Waals surface area contributed by atoms with Gasteiger partial charge in [-0.2, -0.15) is 0 Å². The van der Waals surface area contributed by atoms with Crippen LogP contribution in [0.3, 0.4) is 0 Å². The Labute approximate surface area is 120 Å². The largest absolute Gasteiger partial charge is 0.480 e. The molecule has 0 unspecified atom stereocenters. The van der Waals surface area contributed by atoms with E-state index in [4.69, 9.17) is 11.6 Å². The Morgan fingerprint density at radius 2 is 1.95 bits per heavy atom. The molecule has 0 spiro atoms. The summed E-state index contributed by atoms with van der Waals surface area (Å²) in [6.45, 7) is 0. The van der Waals surface area contributed by atoms with Crippen molar-refractivity contribution in [3.63, 3.8) is 0 Å². The molecule has 2 amide bonds. The van der Waals surface area contributed by atoms with Crippen molar-refractivity contribution in [1.82, 2.24) is 5.32 Å². The van der Waals surface area contributed by atoms with E-state index in [1.54, 1.807) is 0 Å². The maximum Gasteiger partial charge on any atom is 0.329 e. The van der Waals surface area contributed by atoms with Gasteiger partial charge in [-0.1, -0.05) is 24.4 Å². The van der Waals surface area contributed by atoms with E-state index in [-0.39, 0.29) is 10.7 Å². The molecule has 7 heteroatoms. The monoisotopic (exact) mass is 300 g/mol. The zero-order valence-electron chi connectivity index (χ0n) is 10.6. The molecule has 1 fully saturated rings. The van der Waals surface area contributed by atoms with Gasteiger partial charge in [0.2, 0.25) is 0 Å². The normalized spacial score (nSPS) is 16.7. The Kier molecular flexibility index (Phi) is 4.13. The van der Waals surface area contributed by atoms with Crippen molar-refractivity contribution >= 4 is 29.3 Å². The van der Waals surface area contributed by atoms with Gasteiger partial charge in [0, 0.05) is 5.02 Å². The Bertz CT molecular complexity index is 544. The fourth-order valence-corrected chi connectivity index (χ4v) is 2.51. The number of rotatable bonds is 3. The van der Waals surface area contributed by atoms with Crippen LogP contribution in [0.1, 0.15) is 25.7 Å². The average molecular weight is 301 g/mol. The van der Waals surface area contributed by atoms with Crippen LogP contribution in [0, 0.1) is 5.82 Å². The highest BCUT2D eigenvalue weighted by Crippen LogP contribution is 2.30. The molecule has 5 nitrogen and oxygen atoms in total. The topological polar surface area (TPSA) is 78.4 Å². The van der Waals surface area contributed by atoms with Gasteiger partial charge in [0.1, 0.15) is 11.4 Å². The summed E-state index contributed by atoms with van der Waals surface area (Å²) in [5, 5.41) is 14.2. The minimum absolute atomic E-state index is 0.0893. The van der Waals surface area contributed by atoms with Gasteiger partial charge in [0.25, 0.3) is 0 Å². The van der Waals surface area contributed by atoms with E-state index in [1.807, 2.05) is 0 Å². The first-order chi connectivity index (χ1) is 9.43. The second kappa shape index (κ2) is 5.66. The summed E-state index contributed by atoms with van der Waals surface area (Å²) in [6, 6.07) is 2.99. The highest BCUT2D eigenvalue weighted by Gasteiger charge is 2.42. The summed E-state index contributed by atoms with van der Waals surface area (Å²) >= 11 is 5.72. The zero-order chi connectivity index (χ0) is 14.8. The summed E-state index contributed by atoms with van der Waals surface area (Å²) in [7, 11) is 0. The highest BCUT2D eigenvalue weighted by atomic mass is 35.5. The van der Waals surface area contributed by atoms with Crippen molar-refractivity contribution in [3.05, 3.63) is 29.0 Å². The molecule has 0 bridgehead atoms. The lowest BCUT2D eigenvalue weighted by molar-refractivity contribution is -0.144. The smallest absolute Gasteiger partial charge is 0.329 e. The molecule has 0 aliphatic heterocycles. The third-order valence-corrected chi connectivity index (χ3v) is 3.63. The van der Waals surface area contributed by atoms with Crippen LogP contribution in [0.2, 0.25) is 5.02 Å². The average Bonchev–Trinajstić information content (AvgIpc) is 2.83. The third-order valence-electron chi connectivity index (χ3n) is 3.40. The number of carbonyl (C=O) groups is 2. The number of carboxylic acid groups (broad SMARTS) is 1. The number of carbonyl (C=O) groups excluding carboxylic acids is 1. The Hall–Kier alpha value is -1.82. The Morgan fingerprint density at radius 3 is 2.55 bits per heavy atom.